The monoisotopic (exact) mass is 280 g/mol. The predicted octanol–water partition coefficient (Wildman–Crippen LogP) is 6.76. The van der Waals surface area contributed by atoms with Crippen molar-refractivity contribution in [1.29, 1.82) is 0 Å². The topological polar surface area (TPSA) is 0 Å². The Hall–Kier alpha value is -1.56. The van der Waals surface area contributed by atoms with E-state index in [0.29, 0.717) is 17.8 Å². The molecule has 0 heterocycles. The van der Waals surface area contributed by atoms with E-state index in [2.05, 4.69) is 84.0 Å². The van der Waals surface area contributed by atoms with Crippen LogP contribution in [0.25, 0.3) is 16.8 Å². The molecule has 0 atom stereocenters. The Morgan fingerprint density at radius 3 is 1.95 bits per heavy atom. The van der Waals surface area contributed by atoms with Crippen LogP contribution in [0, 0.1) is 5.92 Å². The molecular weight excluding hydrogens is 252 g/mol. The molecule has 0 unspecified atom stereocenters. The lowest BCUT2D eigenvalue weighted by Gasteiger charge is -2.20. The van der Waals surface area contributed by atoms with Crippen LogP contribution in [0.5, 0.6) is 0 Å². The summed E-state index contributed by atoms with van der Waals surface area (Å²) in [5.74, 6) is 1.68. The molecule has 0 saturated carbocycles. The van der Waals surface area contributed by atoms with Crippen molar-refractivity contribution < 1.29 is 0 Å². The van der Waals surface area contributed by atoms with Crippen LogP contribution >= 0.6 is 0 Å². The first-order chi connectivity index (χ1) is 9.91. The average Bonchev–Trinajstić information content (AvgIpc) is 2.43. The zero-order chi connectivity index (χ0) is 15.6. The van der Waals surface area contributed by atoms with Crippen LogP contribution in [0.4, 0.5) is 0 Å². The molecule has 2 aromatic carbocycles. The zero-order valence-corrected chi connectivity index (χ0v) is 14.3. The number of rotatable bonds is 4. The fraction of sp³-hybridized carbons (Fsp3) is 0.429. The van der Waals surface area contributed by atoms with E-state index in [1.165, 1.54) is 27.5 Å². The molecule has 21 heavy (non-hydrogen) atoms. The van der Waals surface area contributed by atoms with E-state index in [4.69, 9.17) is 0 Å². The first kappa shape index (κ1) is 15.8. The lowest BCUT2D eigenvalue weighted by Crippen LogP contribution is -2.01. The summed E-state index contributed by atoms with van der Waals surface area (Å²) in [6.45, 7) is 13.7. The predicted molar refractivity (Wildman–Crippen MR) is 96.0 cm³/mol. The molecule has 0 heteroatoms. The maximum Gasteiger partial charge on any atom is -0.0108 e. The van der Waals surface area contributed by atoms with E-state index in [-0.39, 0.29) is 0 Å². The Kier molecular flexibility index (Phi) is 4.88. The summed E-state index contributed by atoms with van der Waals surface area (Å²) < 4.78 is 0. The van der Waals surface area contributed by atoms with Gasteiger partial charge in [0.1, 0.15) is 0 Å². The SMILES string of the molecule is CC(C)/C=C/c1cc(C(C)C)c(C(C)C)c2ccccc12. The van der Waals surface area contributed by atoms with Gasteiger partial charge in [-0.1, -0.05) is 84.0 Å². The van der Waals surface area contributed by atoms with Crippen molar-refractivity contribution in [2.45, 2.75) is 53.4 Å². The molecule has 0 fully saturated rings. The van der Waals surface area contributed by atoms with E-state index < -0.39 is 0 Å². The van der Waals surface area contributed by atoms with Crippen molar-refractivity contribution in [1.82, 2.24) is 0 Å². The van der Waals surface area contributed by atoms with E-state index in [0.717, 1.165) is 0 Å². The standard InChI is InChI=1S/C21H28/c1-14(2)11-12-17-13-20(15(3)4)21(16(5)6)19-10-8-7-9-18(17)19/h7-16H,1-6H3/b12-11+. The van der Waals surface area contributed by atoms with Gasteiger partial charge in [-0.3, -0.25) is 0 Å². The summed E-state index contributed by atoms with van der Waals surface area (Å²) in [5, 5.41) is 2.80. The summed E-state index contributed by atoms with van der Waals surface area (Å²) >= 11 is 0. The van der Waals surface area contributed by atoms with Crippen LogP contribution in [0.1, 0.15) is 70.1 Å². The van der Waals surface area contributed by atoms with Crippen molar-refractivity contribution in [3.63, 3.8) is 0 Å². The van der Waals surface area contributed by atoms with Gasteiger partial charge in [0.2, 0.25) is 0 Å². The van der Waals surface area contributed by atoms with Crippen molar-refractivity contribution in [3.8, 4) is 0 Å². The molecule has 0 aliphatic rings. The van der Waals surface area contributed by atoms with Crippen molar-refractivity contribution in [2.24, 2.45) is 5.92 Å². The van der Waals surface area contributed by atoms with Gasteiger partial charge in [-0.15, -0.1) is 0 Å². The summed E-state index contributed by atoms with van der Waals surface area (Å²) in [5.41, 5.74) is 4.36. The number of allylic oxidation sites excluding steroid dienone is 1. The third kappa shape index (κ3) is 3.37. The van der Waals surface area contributed by atoms with Crippen LogP contribution in [-0.4, -0.2) is 0 Å². The average molecular weight is 280 g/mol. The normalized spacial score (nSPS) is 12.4. The maximum absolute atomic E-state index is 2.40. The first-order valence-corrected chi connectivity index (χ1v) is 8.15. The van der Waals surface area contributed by atoms with Crippen molar-refractivity contribution in [2.75, 3.05) is 0 Å². The molecule has 112 valence electrons. The molecule has 0 aromatic heterocycles. The highest BCUT2D eigenvalue weighted by atomic mass is 14.2. The molecule has 0 spiro atoms. The van der Waals surface area contributed by atoms with Gasteiger partial charge >= 0.3 is 0 Å². The Balaban J connectivity index is 2.79. The van der Waals surface area contributed by atoms with Gasteiger partial charge in [-0.2, -0.15) is 0 Å². The second-order valence-electron chi connectivity index (χ2n) is 6.93. The maximum atomic E-state index is 2.40. The van der Waals surface area contributed by atoms with E-state index in [1.807, 2.05) is 0 Å². The first-order valence-electron chi connectivity index (χ1n) is 8.15. The number of hydrogen-bond donors (Lipinski definition) is 0. The molecule has 0 bridgehead atoms. The van der Waals surface area contributed by atoms with Gasteiger partial charge < -0.3 is 0 Å². The molecule has 0 N–H and O–H groups in total. The third-order valence-corrected chi connectivity index (χ3v) is 4.01. The molecular formula is C21H28. The fourth-order valence-electron chi connectivity index (χ4n) is 3.00. The third-order valence-electron chi connectivity index (χ3n) is 4.01. The van der Waals surface area contributed by atoms with Gasteiger partial charge in [0.05, 0.1) is 0 Å². The van der Waals surface area contributed by atoms with Crippen LogP contribution in [0.15, 0.2) is 36.4 Å². The summed E-state index contributed by atoms with van der Waals surface area (Å²) in [6.07, 6.45) is 4.59. The van der Waals surface area contributed by atoms with Gasteiger partial charge in [0.25, 0.3) is 0 Å². The molecule has 0 nitrogen and oxygen atoms in total. The molecule has 0 amide bonds. The smallest absolute Gasteiger partial charge is 0.0108 e. The Bertz CT molecular complexity index is 642. The minimum Gasteiger partial charge on any atom is -0.0814 e. The van der Waals surface area contributed by atoms with Gasteiger partial charge in [0.15, 0.2) is 0 Å². The van der Waals surface area contributed by atoms with E-state index in [1.54, 1.807) is 0 Å². The van der Waals surface area contributed by atoms with E-state index >= 15 is 0 Å². The van der Waals surface area contributed by atoms with Crippen LogP contribution < -0.4 is 0 Å². The molecule has 2 rings (SSSR count). The lowest BCUT2D eigenvalue weighted by molar-refractivity contribution is 0.797. The van der Waals surface area contributed by atoms with Crippen molar-refractivity contribution in [3.05, 3.63) is 53.1 Å². The largest absolute Gasteiger partial charge is 0.0814 e. The van der Waals surface area contributed by atoms with Gasteiger partial charge in [-0.05, 0) is 45.2 Å². The molecule has 0 aliphatic heterocycles. The Morgan fingerprint density at radius 2 is 1.43 bits per heavy atom. The summed E-state index contributed by atoms with van der Waals surface area (Å²) in [4.78, 5) is 0. The lowest BCUT2D eigenvalue weighted by atomic mass is 9.84. The second kappa shape index (κ2) is 6.47. The minimum absolute atomic E-state index is 0.551. The number of benzene rings is 2. The molecule has 0 radical (unpaired) electrons. The van der Waals surface area contributed by atoms with E-state index in [9.17, 15) is 0 Å². The molecule has 2 aromatic rings. The molecule has 0 saturated heterocycles. The van der Waals surface area contributed by atoms with Crippen LogP contribution in [-0.2, 0) is 0 Å². The van der Waals surface area contributed by atoms with Crippen LogP contribution in [0.2, 0.25) is 0 Å². The van der Waals surface area contributed by atoms with Crippen LogP contribution in [0.3, 0.4) is 0 Å². The number of fused-ring (bicyclic) bond motifs is 1. The molecule has 0 aliphatic carbocycles. The minimum atomic E-state index is 0.551. The van der Waals surface area contributed by atoms with Gasteiger partial charge in [0, 0.05) is 0 Å². The fourth-order valence-corrected chi connectivity index (χ4v) is 3.00. The quantitative estimate of drug-likeness (QED) is 0.580. The highest BCUT2D eigenvalue weighted by molar-refractivity contribution is 5.94. The zero-order valence-electron chi connectivity index (χ0n) is 14.3. The second-order valence-corrected chi connectivity index (χ2v) is 6.93. The highest BCUT2D eigenvalue weighted by Crippen LogP contribution is 2.35. The number of hydrogen-bond acceptors (Lipinski definition) is 0. The Labute approximate surface area is 129 Å². The highest BCUT2D eigenvalue weighted by Gasteiger charge is 2.15. The summed E-state index contributed by atoms with van der Waals surface area (Å²) in [7, 11) is 0. The van der Waals surface area contributed by atoms with Gasteiger partial charge in [-0.25, -0.2) is 0 Å². The Morgan fingerprint density at radius 1 is 0.810 bits per heavy atom. The summed E-state index contributed by atoms with van der Waals surface area (Å²) in [6, 6.07) is 11.2. The van der Waals surface area contributed by atoms with Crippen molar-refractivity contribution >= 4 is 16.8 Å².